The van der Waals surface area contributed by atoms with Gasteiger partial charge in [-0.2, -0.15) is 0 Å². The Hall–Kier alpha value is -2.48. The number of thiazole rings is 1. The molecule has 0 aliphatic carbocycles. The largest absolute Gasteiger partial charge is 0.390 e. The van der Waals surface area contributed by atoms with Gasteiger partial charge in [0.1, 0.15) is 5.01 Å². The van der Waals surface area contributed by atoms with E-state index in [1.807, 2.05) is 35.7 Å². The van der Waals surface area contributed by atoms with Crippen molar-refractivity contribution < 1.29 is 10.0 Å². The second-order valence-electron chi connectivity index (χ2n) is 5.58. The third kappa shape index (κ3) is 4.19. The van der Waals surface area contributed by atoms with Crippen molar-refractivity contribution in [1.82, 2.24) is 4.98 Å². The lowest BCUT2D eigenvalue weighted by Crippen LogP contribution is -2.21. The predicted molar refractivity (Wildman–Crippen MR) is 105 cm³/mol. The molecule has 0 bridgehead atoms. The van der Waals surface area contributed by atoms with Gasteiger partial charge in [0.2, 0.25) is 0 Å². The maximum Gasteiger partial charge on any atom is 0.270 e. The fourth-order valence-corrected chi connectivity index (χ4v) is 3.37. The molecule has 1 atom stereocenters. The molecule has 1 heterocycles. The van der Waals surface area contributed by atoms with Gasteiger partial charge in [-0.3, -0.25) is 10.1 Å². The van der Waals surface area contributed by atoms with E-state index in [9.17, 15) is 15.2 Å². The van der Waals surface area contributed by atoms with Crippen molar-refractivity contribution in [2.45, 2.75) is 6.10 Å². The summed E-state index contributed by atoms with van der Waals surface area (Å²) >= 11 is 7.03. The average Bonchev–Trinajstić information content (AvgIpc) is 3.16. The summed E-state index contributed by atoms with van der Waals surface area (Å²) in [6.45, 7) is 0.241. The van der Waals surface area contributed by atoms with Gasteiger partial charge in [-0.15, -0.1) is 22.9 Å². The number of hydrogen-bond donors (Lipinski definition) is 2. The number of alkyl halides is 1. The van der Waals surface area contributed by atoms with Gasteiger partial charge in [0.25, 0.3) is 5.69 Å². The third-order valence-electron chi connectivity index (χ3n) is 3.72. The maximum atomic E-state index is 11.1. The van der Waals surface area contributed by atoms with Gasteiger partial charge in [0, 0.05) is 40.9 Å². The van der Waals surface area contributed by atoms with Gasteiger partial charge in [0.05, 0.1) is 22.6 Å². The monoisotopic (exact) mass is 389 g/mol. The van der Waals surface area contributed by atoms with Crippen molar-refractivity contribution in [3.05, 3.63) is 64.0 Å². The zero-order valence-electron chi connectivity index (χ0n) is 13.6. The fourth-order valence-electron chi connectivity index (χ4n) is 2.40. The lowest BCUT2D eigenvalue weighted by molar-refractivity contribution is -0.384. The first-order valence-corrected chi connectivity index (χ1v) is 9.27. The highest BCUT2D eigenvalue weighted by atomic mass is 35.5. The topological polar surface area (TPSA) is 88.3 Å². The Kier molecular flexibility index (Phi) is 5.82. The minimum atomic E-state index is -0.712. The molecule has 0 saturated carbocycles. The molecule has 3 aromatic rings. The van der Waals surface area contributed by atoms with Crippen LogP contribution >= 0.6 is 22.9 Å². The molecule has 0 amide bonds. The first-order valence-electron chi connectivity index (χ1n) is 7.86. The van der Waals surface area contributed by atoms with E-state index < -0.39 is 11.0 Å². The number of hydrogen-bond acceptors (Lipinski definition) is 6. The number of nitrogens with one attached hydrogen (secondary N) is 1. The Morgan fingerprint density at radius 1 is 1.27 bits per heavy atom. The minimum absolute atomic E-state index is 0.0140. The molecule has 3 rings (SSSR count). The first-order chi connectivity index (χ1) is 12.6. The van der Waals surface area contributed by atoms with Crippen LogP contribution in [0.3, 0.4) is 0 Å². The fraction of sp³-hybridized carbons (Fsp3) is 0.167. The van der Waals surface area contributed by atoms with E-state index in [-0.39, 0.29) is 18.1 Å². The number of aromatic nitrogens is 1. The molecule has 0 spiro atoms. The van der Waals surface area contributed by atoms with E-state index >= 15 is 0 Å². The Bertz CT molecular complexity index is 902. The van der Waals surface area contributed by atoms with Crippen molar-refractivity contribution in [1.29, 1.82) is 0 Å². The highest BCUT2D eigenvalue weighted by molar-refractivity contribution is 7.13. The van der Waals surface area contributed by atoms with Crippen LogP contribution in [-0.4, -0.2) is 33.5 Å². The quantitative estimate of drug-likeness (QED) is 0.355. The lowest BCUT2D eigenvalue weighted by atomic mass is 10.1. The predicted octanol–water partition coefficient (Wildman–Crippen LogP) is 4.40. The van der Waals surface area contributed by atoms with Crippen LogP contribution in [0.15, 0.2) is 53.9 Å². The standard InChI is InChI=1S/C18H16ClN3O3S/c19-9-14(23)10-20-16-7-6-13(22(24)25)8-15(16)18-21-17(11-26-18)12-4-2-1-3-5-12/h1-8,11,14,20,23H,9-10H2. The Balaban J connectivity index is 1.97. The van der Waals surface area contributed by atoms with Crippen LogP contribution in [0.4, 0.5) is 11.4 Å². The Labute approximate surface area is 159 Å². The molecule has 0 radical (unpaired) electrons. The number of nitro benzene ring substituents is 1. The maximum absolute atomic E-state index is 11.1. The Morgan fingerprint density at radius 3 is 2.73 bits per heavy atom. The van der Waals surface area contributed by atoms with E-state index in [2.05, 4.69) is 10.3 Å². The van der Waals surface area contributed by atoms with Gasteiger partial charge in [-0.05, 0) is 6.07 Å². The Morgan fingerprint density at radius 2 is 2.04 bits per heavy atom. The average molecular weight is 390 g/mol. The van der Waals surface area contributed by atoms with Gasteiger partial charge in [0.15, 0.2) is 0 Å². The number of anilines is 1. The molecule has 8 heteroatoms. The van der Waals surface area contributed by atoms with E-state index in [1.54, 1.807) is 6.07 Å². The number of halogens is 1. The molecule has 6 nitrogen and oxygen atoms in total. The van der Waals surface area contributed by atoms with Gasteiger partial charge in [-0.1, -0.05) is 30.3 Å². The van der Waals surface area contributed by atoms with E-state index in [0.29, 0.717) is 16.3 Å². The molecule has 2 N–H and O–H groups in total. The van der Waals surface area contributed by atoms with Crippen LogP contribution < -0.4 is 5.32 Å². The molecular formula is C18H16ClN3O3S. The van der Waals surface area contributed by atoms with Gasteiger partial charge in [-0.25, -0.2) is 4.98 Å². The van der Waals surface area contributed by atoms with Crippen molar-refractivity contribution in [2.75, 3.05) is 17.7 Å². The van der Waals surface area contributed by atoms with Crippen LogP contribution in [-0.2, 0) is 0 Å². The van der Waals surface area contributed by atoms with Crippen molar-refractivity contribution >= 4 is 34.3 Å². The van der Waals surface area contributed by atoms with Gasteiger partial charge >= 0.3 is 0 Å². The van der Waals surface area contributed by atoms with E-state index in [4.69, 9.17) is 11.6 Å². The zero-order chi connectivity index (χ0) is 18.5. The lowest BCUT2D eigenvalue weighted by Gasteiger charge is -2.13. The SMILES string of the molecule is O=[N+]([O-])c1ccc(NCC(O)CCl)c(-c2nc(-c3ccccc3)cs2)c1. The van der Waals surface area contributed by atoms with Crippen molar-refractivity contribution in [3.63, 3.8) is 0 Å². The summed E-state index contributed by atoms with van der Waals surface area (Å²) in [7, 11) is 0. The van der Waals surface area contributed by atoms with E-state index in [1.165, 1.54) is 23.5 Å². The molecule has 26 heavy (non-hydrogen) atoms. The molecule has 0 aliphatic heterocycles. The summed E-state index contributed by atoms with van der Waals surface area (Å²) in [5.41, 5.74) is 3.05. The van der Waals surface area contributed by atoms with Crippen molar-refractivity contribution in [3.8, 4) is 21.8 Å². The second kappa shape index (κ2) is 8.27. The van der Waals surface area contributed by atoms with Crippen LogP contribution in [0.2, 0.25) is 0 Å². The second-order valence-corrected chi connectivity index (χ2v) is 6.75. The first kappa shape index (κ1) is 18.3. The van der Waals surface area contributed by atoms with E-state index in [0.717, 1.165) is 11.3 Å². The highest BCUT2D eigenvalue weighted by Gasteiger charge is 2.16. The summed E-state index contributed by atoms with van der Waals surface area (Å²) in [5, 5.41) is 26.5. The number of non-ortho nitro benzene ring substituents is 1. The molecular weight excluding hydrogens is 374 g/mol. The van der Waals surface area contributed by atoms with Crippen molar-refractivity contribution in [2.24, 2.45) is 0 Å². The summed E-state index contributed by atoms with van der Waals surface area (Å²) in [5.74, 6) is 0.102. The summed E-state index contributed by atoms with van der Waals surface area (Å²) in [4.78, 5) is 15.3. The number of rotatable bonds is 7. The normalized spacial score (nSPS) is 11.9. The summed E-state index contributed by atoms with van der Waals surface area (Å²) in [6, 6.07) is 14.3. The molecule has 1 aromatic heterocycles. The molecule has 0 fully saturated rings. The molecule has 134 valence electrons. The zero-order valence-corrected chi connectivity index (χ0v) is 15.2. The summed E-state index contributed by atoms with van der Waals surface area (Å²) in [6.07, 6.45) is -0.712. The highest BCUT2D eigenvalue weighted by Crippen LogP contribution is 2.35. The minimum Gasteiger partial charge on any atom is -0.390 e. The van der Waals surface area contributed by atoms with Crippen LogP contribution in [0.5, 0.6) is 0 Å². The molecule has 2 aromatic carbocycles. The van der Waals surface area contributed by atoms with Crippen LogP contribution in [0.25, 0.3) is 21.8 Å². The number of aliphatic hydroxyl groups excluding tert-OH is 1. The number of aliphatic hydroxyl groups is 1. The number of nitrogens with zero attached hydrogens (tertiary/aromatic N) is 2. The molecule has 1 unspecified atom stereocenters. The summed E-state index contributed by atoms with van der Waals surface area (Å²) < 4.78 is 0. The number of benzene rings is 2. The van der Waals surface area contributed by atoms with Crippen LogP contribution in [0.1, 0.15) is 0 Å². The molecule has 0 aliphatic rings. The molecule has 0 saturated heterocycles. The number of nitro groups is 1. The van der Waals surface area contributed by atoms with Crippen LogP contribution in [0, 0.1) is 10.1 Å². The van der Waals surface area contributed by atoms with Gasteiger partial charge < -0.3 is 10.4 Å². The smallest absolute Gasteiger partial charge is 0.270 e. The third-order valence-corrected chi connectivity index (χ3v) is 4.96.